The molecule has 0 aliphatic heterocycles. The van der Waals surface area contributed by atoms with Crippen molar-refractivity contribution < 1.29 is 0 Å². The Morgan fingerprint density at radius 1 is 1.28 bits per heavy atom. The number of anilines is 1. The van der Waals surface area contributed by atoms with E-state index >= 15 is 0 Å². The number of aryl methyl sites for hydroxylation is 2. The van der Waals surface area contributed by atoms with Crippen molar-refractivity contribution in [2.45, 2.75) is 26.8 Å². The van der Waals surface area contributed by atoms with Crippen molar-refractivity contribution in [3.63, 3.8) is 0 Å². The van der Waals surface area contributed by atoms with Crippen LogP contribution in [0.1, 0.15) is 28.3 Å². The van der Waals surface area contributed by atoms with E-state index in [1.54, 1.807) is 0 Å². The summed E-state index contributed by atoms with van der Waals surface area (Å²) in [5.41, 5.74) is 2.40. The first kappa shape index (κ1) is 13.9. The van der Waals surface area contributed by atoms with Crippen LogP contribution in [0.3, 0.4) is 0 Å². The van der Waals surface area contributed by atoms with Gasteiger partial charge in [-0.2, -0.15) is 0 Å². The van der Waals surface area contributed by atoms with Gasteiger partial charge in [0.1, 0.15) is 0 Å². The van der Waals surface area contributed by atoms with E-state index in [1.165, 1.54) is 15.3 Å². The van der Waals surface area contributed by atoms with Crippen LogP contribution in [0.2, 0.25) is 5.02 Å². The lowest BCUT2D eigenvalue weighted by molar-refractivity contribution is 0.882. The molecule has 2 aromatic rings. The van der Waals surface area contributed by atoms with Crippen LogP contribution in [0, 0.1) is 13.8 Å². The molecule has 0 radical (unpaired) electrons. The SMILES string of the molecule is Cc1cc(C(C)Nc2ccc(Br)c(Cl)c2)c(C)s1. The standard InChI is InChI=1S/C14H15BrClNS/c1-8-6-12(10(3)18-8)9(2)17-11-4-5-13(15)14(16)7-11/h4-7,9,17H,1-3H3. The van der Waals surface area contributed by atoms with Crippen LogP contribution < -0.4 is 5.32 Å². The summed E-state index contributed by atoms with van der Waals surface area (Å²) in [5.74, 6) is 0. The Bertz CT molecular complexity index is 565. The molecule has 0 amide bonds. The molecule has 0 fully saturated rings. The van der Waals surface area contributed by atoms with Crippen LogP contribution in [-0.2, 0) is 0 Å². The smallest absolute Gasteiger partial charge is 0.0568 e. The first-order valence-corrected chi connectivity index (χ1v) is 7.74. The molecular formula is C14H15BrClNS. The molecule has 0 spiro atoms. The zero-order valence-corrected chi connectivity index (χ0v) is 13.7. The summed E-state index contributed by atoms with van der Waals surface area (Å²) in [5, 5.41) is 4.21. The van der Waals surface area contributed by atoms with E-state index in [4.69, 9.17) is 11.6 Å². The van der Waals surface area contributed by atoms with E-state index in [2.05, 4.69) is 48.1 Å². The highest BCUT2D eigenvalue weighted by molar-refractivity contribution is 9.10. The zero-order valence-electron chi connectivity index (χ0n) is 10.6. The summed E-state index contributed by atoms with van der Waals surface area (Å²) < 4.78 is 0.921. The first-order chi connectivity index (χ1) is 8.47. The Morgan fingerprint density at radius 3 is 2.56 bits per heavy atom. The number of hydrogen-bond acceptors (Lipinski definition) is 2. The molecule has 0 bridgehead atoms. The number of halogens is 2. The number of rotatable bonds is 3. The predicted molar refractivity (Wildman–Crippen MR) is 85.0 cm³/mol. The number of benzene rings is 1. The lowest BCUT2D eigenvalue weighted by Gasteiger charge is -2.15. The second-order valence-corrected chi connectivity index (χ2v) is 7.09. The van der Waals surface area contributed by atoms with Gasteiger partial charge in [-0.25, -0.2) is 0 Å². The summed E-state index contributed by atoms with van der Waals surface area (Å²) in [4.78, 5) is 2.72. The molecule has 1 N–H and O–H groups in total. The molecule has 0 saturated heterocycles. The Balaban J connectivity index is 2.18. The second kappa shape index (κ2) is 5.64. The molecule has 4 heteroatoms. The Kier molecular flexibility index (Phi) is 4.36. The molecular weight excluding hydrogens is 330 g/mol. The van der Waals surface area contributed by atoms with E-state index < -0.39 is 0 Å². The van der Waals surface area contributed by atoms with Crippen LogP contribution in [0.25, 0.3) is 0 Å². The van der Waals surface area contributed by atoms with E-state index in [1.807, 2.05) is 29.5 Å². The van der Waals surface area contributed by atoms with Crippen molar-refractivity contribution >= 4 is 44.6 Å². The van der Waals surface area contributed by atoms with Gasteiger partial charge in [0, 0.05) is 26.0 Å². The summed E-state index contributed by atoms with van der Waals surface area (Å²) in [6.45, 7) is 6.48. The van der Waals surface area contributed by atoms with Gasteiger partial charge in [-0.1, -0.05) is 11.6 Å². The molecule has 0 saturated carbocycles. The van der Waals surface area contributed by atoms with Crippen LogP contribution in [0.5, 0.6) is 0 Å². The minimum absolute atomic E-state index is 0.284. The fourth-order valence-electron chi connectivity index (χ4n) is 1.99. The zero-order chi connectivity index (χ0) is 13.3. The van der Waals surface area contributed by atoms with E-state index in [-0.39, 0.29) is 6.04 Å². The minimum Gasteiger partial charge on any atom is -0.378 e. The average Bonchev–Trinajstić information content (AvgIpc) is 2.63. The maximum atomic E-state index is 6.09. The number of hydrogen-bond donors (Lipinski definition) is 1. The highest BCUT2D eigenvalue weighted by atomic mass is 79.9. The van der Waals surface area contributed by atoms with Crippen LogP contribution in [-0.4, -0.2) is 0 Å². The number of nitrogens with one attached hydrogen (secondary N) is 1. The fourth-order valence-corrected chi connectivity index (χ4v) is 3.44. The van der Waals surface area contributed by atoms with Gasteiger partial charge in [-0.15, -0.1) is 11.3 Å². The normalized spacial score (nSPS) is 12.5. The average molecular weight is 345 g/mol. The van der Waals surface area contributed by atoms with Gasteiger partial charge in [0.2, 0.25) is 0 Å². The van der Waals surface area contributed by atoms with Crippen molar-refractivity contribution in [2.75, 3.05) is 5.32 Å². The highest BCUT2D eigenvalue weighted by Gasteiger charge is 2.11. The topological polar surface area (TPSA) is 12.0 Å². The Labute approximate surface area is 125 Å². The van der Waals surface area contributed by atoms with Crippen LogP contribution >= 0.6 is 38.9 Å². The Morgan fingerprint density at radius 2 is 2.00 bits per heavy atom. The maximum Gasteiger partial charge on any atom is 0.0568 e. The van der Waals surface area contributed by atoms with Crippen molar-refractivity contribution in [2.24, 2.45) is 0 Å². The fraction of sp³-hybridized carbons (Fsp3) is 0.286. The van der Waals surface area contributed by atoms with Crippen molar-refractivity contribution in [1.29, 1.82) is 0 Å². The van der Waals surface area contributed by atoms with E-state index in [9.17, 15) is 0 Å². The van der Waals surface area contributed by atoms with Crippen molar-refractivity contribution in [1.82, 2.24) is 0 Å². The lowest BCUT2D eigenvalue weighted by atomic mass is 10.1. The highest BCUT2D eigenvalue weighted by Crippen LogP contribution is 2.31. The second-order valence-electron chi connectivity index (χ2n) is 4.36. The van der Waals surface area contributed by atoms with Crippen molar-refractivity contribution in [3.8, 4) is 0 Å². The van der Waals surface area contributed by atoms with Crippen LogP contribution in [0.4, 0.5) is 5.69 Å². The summed E-state index contributed by atoms with van der Waals surface area (Å²) in [6.07, 6.45) is 0. The quantitative estimate of drug-likeness (QED) is 0.725. The van der Waals surface area contributed by atoms with Gasteiger partial charge in [0.25, 0.3) is 0 Å². The van der Waals surface area contributed by atoms with Gasteiger partial charge < -0.3 is 5.32 Å². The number of thiophene rings is 1. The third-order valence-corrected chi connectivity index (χ3v) is 5.06. The molecule has 18 heavy (non-hydrogen) atoms. The van der Waals surface area contributed by atoms with Gasteiger partial charge in [-0.3, -0.25) is 0 Å². The monoisotopic (exact) mass is 343 g/mol. The third-order valence-electron chi connectivity index (χ3n) is 2.85. The Hall–Kier alpha value is -0.510. The third kappa shape index (κ3) is 3.08. The summed E-state index contributed by atoms with van der Waals surface area (Å²) >= 11 is 11.3. The summed E-state index contributed by atoms with van der Waals surface area (Å²) in [6, 6.07) is 8.46. The molecule has 1 heterocycles. The molecule has 1 nitrogen and oxygen atoms in total. The summed E-state index contributed by atoms with van der Waals surface area (Å²) in [7, 11) is 0. The molecule has 1 atom stereocenters. The van der Waals surface area contributed by atoms with Gasteiger partial charge in [-0.05, 0) is 66.5 Å². The van der Waals surface area contributed by atoms with Gasteiger partial charge in [0.05, 0.1) is 5.02 Å². The van der Waals surface area contributed by atoms with Gasteiger partial charge in [0.15, 0.2) is 0 Å². The molecule has 0 aliphatic carbocycles. The van der Waals surface area contributed by atoms with Gasteiger partial charge >= 0.3 is 0 Å². The molecule has 1 aromatic carbocycles. The van der Waals surface area contributed by atoms with Crippen LogP contribution in [0.15, 0.2) is 28.7 Å². The molecule has 1 aromatic heterocycles. The van der Waals surface area contributed by atoms with E-state index in [0.717, 1.165) is 15.2 Å². The first-order valence-electron chi connectivity index (χ1n) is 5.76. The molecule has 1 unspecified atom stereocenters. The minimum atomic E-state index is 0.284. The molecule has 0 aliphatic rings. The van der Waals surface area contributed by atoms with Crippen molar-refractivity contribution in [3.05, 3.63) is 49.1 Å². The molecule has 96 valence electrons. The predicted octanol–water partition coefficient (Wildman–Crippen LogP) is 5.95. The van der Waals surface area contributed by atoms with E-state index in [0.29, 0.717) is 0 Å². The molecule has 2 rings (SSSR count). The maximum absolute atomic E-state index is 6.09. The lowest BCUT2D eigenvalue weighted by Crippen LogP contribution is -2.06. The largest absolute Gasteiger partial charge is 0.378 e.